The molecule has 0 spiro atoms. The second kappa shape index (κ2) is 10.2. The Bertz CT molecular complexity index is 1280. The number of nitrogens with one attached hydrogen (secondary N) is 1. The molecule has 0 unspecified atom stereocenters. The second-order valence-electron chi connectivity index (χ2n) is 7.18. The molecule has 0 aliphatic heterocycles. The predicted molar refractivity (Wildman–Crippen MR) is 123 cm³/mol. The van der Waals surface area contributed by atoms with E-state index in [1.165, 1.54) is 23.9 Å². The summed E-state index contributed by atoms with van der Waals surface area (Å²) < 4.78 is 14.6. The summed E-state index contributed by atoms with van der Waals surface area (Å²) in [7, 11) is 0. The van der Waals surface area contributed by atoms with Crippen LogP contribution in [0.25, 0.3) is 10.9 Å². The highest BCUT2D eigenvalue weighted by Gasteiger charge is 2.14. The fraction of sp³-hybridized carbons (Fsp3) is 0.167. The third-order valence-electron chi connectivity index (χ3n) is 4.87. The van der Waals surface area contributed by atoms with Gasteiger partial charge in [-0.1, -0.05) is 42.1 Å². The molecular formula is C24H21FN4O2S. The normalized spacial score (nSPS) is 10.9. The summed E-state index contributed by atoms with van der Waals surface area (Å²) in [6.07, 6.45) is 3.99. The summed E-state index contributed by atoms with van der Waals surface area (Å²) in [5, 5.41) is 3.87. The van der Waals surface area contributed by atoms with Gasteiger partial charge in [-0.25, -0.2) is 9.37 Å². The highest BCUT2D eigenvalue weighted by molar-refractivity contribution is 7.99. The van der Waals surface area contributed by atoms with Gasteiger partial charge in [-0.2, -0.15) is 0 Å². The maximum absolute atomic E-state index is 13.1. The number of aromatic nitrogens is 3. The second-order valence-corrected chi connectivity index (χ2v) is 8.12. The van der Waals surface area contributed by atoms with E-state index in [0.717, 1.165) is 11.1 Å². The molecule has 8 heteroatoms. The Kier molecular flexibility index (Phi) is 6.91. The van der Waals surface area contributed by atoms with E-state index in [0.29, 0.717) is 35.6 Å². The molecule has 0 aliphatic carbocycles. The first kappa shape index (κ1) is 21.7. The third-order valence-corrected chi connectivity index (χ3v) is 5.85. The average molecular weight is 449 g/mol. The number of nitrogens with zero attached hydrogens (tertiary/aromatic N) is 3. The molecule has 2 aromatic carbocycles. The summed E-state index contributed by atoms with van der Waals surface area (Å²) in [5.74, 6) is -0.317. The van der Waals surface area contributed by atoms with Crippen molar-refractivity contribution in [2.45, 2.75) is 18.1 Å². The number of hydrogen-bond acceptors (Lipinski definition) is 5. The molecule has 0 saturated carbocycles. The minimum Gasteiger partial charge on any atom is -0.355 e. The monoisotopic (exact) mass is 448 g/mol. The van der Waals surface area contributed by atoms with Gasteiger partial charge >= 0.3 is 0 Å². The van der Waals surface area contributed by atoms with Crippen molar-refractivity contribution in [1.29, 1.82) is 0 Å². The van der Waals surface area contributed by atoms with Crippen LogP contribution in [-0.4, -0.2) is 32.7 Å². The molecular weight excluding hydrogens is 427 g/mol. The zero-order valence-corrected chi connectivity index (χ0v) is 18.0. The molecule has 0 atom stereocenters. The van der Waals surface area contributed by atoms with Crippen LogP contribution in [0.3, 0.4) is 0 Å². The summed E-state index contributed by atoms with van der Waals surface area (Å²) in [4.78, 5) is 34.2. The van der Waals surface area contributed by atoms with Crippen LogP contribution in [-0.2, 0) is 17.8 Å². The number of fused-ring (bicyclic) bond motifs is 1. The number of halogens is 1. The van der Waals surface area contributed by atoms with E-state index in [1.807, 2.05) is 18.2 Å². The van der Waals surface area contributed by atoms with Gasteiger partial charge in [0.25, 0.3) is 5.56 Å². The number of pyridine rings is 1. The van der Waals surface area contributed by atoms with E-state index in [2.05, 4.69) is 15.3 Å². The minimum atomic E-state index is -0.283. The van der Waals surface area contributed by atoms with Gasteiger partial charge in [0.1, 0.15) is 5.82 Å². The van der Waals surface area contributed by atoms with Gasteiger partial charge in [0.05, 0.1) is 23.2 Å². The maximum Gasteiger partial charge on any atom is 0.262 e. The van der Waals surface area contributed by atoms with Crippen molar-refractivity contribution < 1.29 is 9.18 Å². The zero-order valence-electron chi connectivity index (χ0n) is 17.2. The zero-order chi connectivity index (χ0) is 22.3. The quantitative estimate of drug-likeness (QED) is 0.330. The number of carbonyl (C=O) groups is 1. The molecule has 0 bridgehead atoms. The molecule has 6 nitrogen and oxygen atoms in total. The fourth-order valence-electron chi connectivity index (χ4n) is 3.25. The summed E-state index contributed by atoms with van der Waals surface area (Å²) in [6, 6.07) is 17.1. The average Bonchev–Trinajstić information content (AvgIpc) is 2.82. The van der Waals surface area contributed by atoms with Crippen LogP contribution in [0.4, 0.5) is 4.39 Å². The van der Waals surface area contributed by atoms with E-state index in [9.17, 15) is 14.0 Å². The Hall–Kier alpha value is -3.52. The Morgan fingerprint density at radius 2 is 1.84 bits per heavy atom. The van der Waals surface area contributed by atoms with E-state index >= 15 is 0 Å². The summed E-state index contributed by atoms with van der Waals surface area (Å²) in [5.41, 5.74) is 2.26. The molecule has 2 aromatic heterocycles. The van der Waals surface area contributed by atoms with Crippen LogP contribution in [0, 0.1) is 5.82 Å². The van der Waals surface area contributed by atoms with Gasteiger partial charge in [0.15, 0.2) is 5.16 Å². The van der Waals surface area contributed by atoms with Crippen LogP contribution < -0.4 is 10.9 Å². The number of benzene rings is 2. The molecule has 0 saturated heterocycles. The van der Waals surface area contributed by atoms with Crippen molar-refractivity contribution in [3.05, 3.63) is 100 Å². The third kappa shape index (κ3) is 5.39. The molecule has 0 radical (unpaired) electrons. The lowest BCUT2D eigenvalue weighted by Gasteiger charge is -2.13. The fourth-order valence-corrected chi connectivity index (χ4v) is 4.08. The van der Waals surface area contributed by atoms with Gasteiger partial charge in [-0.3, -0.25) is 19.1 Å². The van der Waals surface area contributed by atoms with Gasteiger partial charge in [0.2, 0.25) is 5.91 Å². The van der Waals surface area contributed by atoms with Gasteiger partial charge in [-0.15, -0.1) is 0 Å². The van der Waals surface area contributed by atoms with Crippen LogP contribution >= 0.6 is 11.8 Å². The SMILES string of the molecule is O=C(CSc1nc2ccccc2c(=O)n1Cc1cccnc1)NCCc1ccc(F)cc1. The first-order valence-corrected chi connectivity index (χ1v) is 11.1. The van der Waals surface area contributed by atoms with Crippen LogP contribution in [0.5, 0.6) is 0 Å². The molecule has 4 rings (SSSR count). The molecule has 0 aliphatic rings. The van der Waals surface area contributed by atoms with Crippen LogP contribution in [0.1, 0.15) is 11.1 Å². The Balaban J connectivity index is 1.46. The number of rotatable bonds is 8. The lowest BCUT2D eigenvalue weighted by atomic mass is 10.1. The largest absolute Gasteiger partial charge is 0.355 e. The standard InChI is InChI=1S/C24H21FN4O2S/c25-19-9-7-17(8-10-19)11-13-27-22(30)16-32-24-28-21-6-2-1-5-20(21)23(31)29(24)15-18-4-3-12-26-14-18/h1-10,12,14H,11,13,15-16H2,(H,27,30). The smallest absolute Gasteiger partial charge is 0.262 e. The van der Waals surface area contributed by atoms with Crippen molar-refractivity contribution in [2.75, 3.05) is 12.3 Å². The highest BCUT2D eigenvalue weighted by atomic mass is 32.2. The Morgan fingerprint density at radius 3 is 2.62 bits per heavy atom. The molecule has 32 heavy (non-hydrogen) atoms. The summed E-state index contributed by atoms with van der Waals surface area (Å²) in [6.45, 7) is 0.762. The van der Waals surface area contributed by atoms with E-state index in [-0.39, 0.29) is 23.0 Å². The van der Waals surface area contributed by atoms with Crippen molar-refractivity contribution in [1.82, 2.24) is 19.9 Å². The summed E-state index contributed by atoms with van der Waals surface area (Å²) >= 11 is 1.22. The van der Waals surface area contributed by atoms with E-state index in [4.69, 9.17) is 0 Å². The number of carbonyl (C=O) groups excluding carboxylic acids is 1. The Labute approximate surface area is 188 Å². The van der Waals surface area contributed by atoms with Gasteiger partial charge in [0, 0.05) is 18.9 Å². The van der Waals surface area contributed by atoms with Crippen molar-refractivity contribution >= 4 is 28.6 Å². The van der Waals surface area contributed by atoms with E-state index in [1.54, 1.807) is 47.3 Å². The molecule has 1 N–H and O–H groups in total. The lowest BCUT2D eigenvalue weighted by Crippen LogP contribution is -2.28. The number of hydrogen-bond donors (Lipinski definition) is 1. The number of thioether (sulfide) groups is 1. The predicted octanol–water partition coefficient (Wildman–Crippen LogP) is 3.43. The lowest BCUT2D eigenvalue weighted by molar-refractivity contribution is -0.118. The molecule has 0 fully saturated rings. The van der Waals surface area contributed by atoms with E-state index < -0.39 is 0 Å². The van der Waals surface area contributed by atoms with Crippen molar-refractivity contribution in [3.63, 3.8) is 0 Å². The van der Waals surface area contributed by atoms with Crippen molar-refractivity contribution in [3.8, 4) is 0 Å². The van der Waals surface area contributed by atoms with Gasteiger partial charge < -0.3 is 5.32 Å². The Morgan fingerprint density at radius 1 is 1.03 bits per heavy atom. The minimum absolute atomic E-state index is 0.126. The number of para-hydroxylation sites is 1. The molecule has 1 amide bonds. The maximum atomic E-state index is 13.1. The molecule has 162 valence electrons. The highest BCUT2D eigenvalue weighted by Crippen LogP contribution is 2.18. The first-order chi connectivity index (χ1) is 15.6. The molecule has 4 aromatic rings. The molecule has 2 heterocycles. The van der Waals surface area contributed by atoms with Crippen LogP contribution in [0.15, 0.2) is 83.0 Å². The number of amides is 1. The van der Waals surface area contributed by atoms with Crippen LogP contribution in [0.2, 0.25) is 0 Å². The first-order valence-electron chi connectivity index (χ1n) is 10.1. The van der Waals surface area contributed by atoms with Crippen molar-refractivity contribution in [2.24, 2.45) is 0 Å². The topological polar surface area (TPSA) is 76.9 Å². The van der Waals surface area contributed by atoms with Gasteiger partial charge in [-0.05, 0) is 47.9 Å².